The van der Waals surface area contributed by atoms with Crippen LogP contribution < -0.4 is 5.32 Å². The van der Waals surface area contributed by atoms with E-state index in [1.807, 2.05) is 23.6 Å². The Bertz CT molecular complexity index is 434. The molecule has 2 heterocycles. The molecule has 0 aromatic carbocycles. The summed E-state index contributed by atoms with van der Waals surface area (Å²) in [7, 11) is 0. The third-order valence-electron chi connectivity index (χ3n) is 2.13. The highest BCUT2D eigenvalue weighted by Crippen LogP contribution is 2.22. The molecule has 0 spiro atoms. The van der Waals surface area contributed by atoms with E-state index >= 15 is 0 Å². The van der Waals surface area contributed by atoms with Gasteiger partial charge in [0.15, 0.2) is 5.76 Å². The molecule has 0 aliphatic heterocycles. The number of nitrogens with zero attached hydrogens (tertiary/aromatic N) is 1. The second-order valence-corrected chi connectivity index (χ2v) is 4.29. The number of thiazole rings is 1. The summed E-state index contributed by atoms with van der Waals surface area (Å²) in [6, 6.07) is 3.80. The Balaban J connectivity index is 1.90. The standard InChI is InChI=1S/C12H14N2OS/c1-2-6-13-7-5-12-14-10(9-16-12)11-4-3-8-15-11/h2-4,8-9,13H,1,5-7H2. The van der Waals surface area contributed by atoms with Crippen molar-refractivity contribution in [3.05, 3.63) is 41.4 Å². The van der Waals surface area contributed by atoms with Crippen molar-refractivity contribution in [1.29, 1.82) is 0 Å². The lowest BCUT2D eigenvalue weighted by molar-refractivity contribution is 0.580. The second kappa shape index (κ2) is 5.63. The number of hydrogen-bond acceptors (Lipinski definition) is 4. The van der Waals surface area contributed by atoms with Crippen LogP contribution in [-0.4, -0.2) is 18.1 Å². The molecule has 16 heavy (non-hydrogen) atoms. The van der Waals surface area contributed by atoms with Crippen molar-refractivity contribution in [2.24, 2.45) is 0 Å². The minimum absolute atomic E-state index is 0.835. The fraction of sp³-hybridized carbons (Fsp3) is 0.250. The van der Waals surface area contributed by atoms with Crippen LogP contribution >= 0.6 is 11.3 Å². The van der Waals surface area contributed by atoms with Crippen LogP contribution in [0.3, 0.4) is 0 Å². The van der Waals surface area contributed by atoms with E-state index in [0.717, 1.165) is 36.0 Å². The molecule has 84 valence electrons. The molecule has 2 aromatic rings. The molecule has 3 nitrogen and oxygen atoms in total. The lowest BCUT2D eigenvalue weighted by Gasteiger charge is -1.97. The third-order valence-corrected chi connectivity index (χ3v) is 3.04. The largest absolute Gasteiger partial charge is 0.463 e. The Hall–Kier alpha value is -1.39. The Kier molecular flexibility index (Phi) is 3.91. The predicted molar refractivity (Wildman–Crippen MR) is 66.6 cm³/mol. The monoisotopic (exact) mass is 234 g/mol. The molecule has 0 amide bonds. The first kappa shape index (κ1) is 11.1. The highest BCUT2D eigenvalue weighted by atomic mass is 32.1. The van der Waals surface area contributed by atoms with Crippen molar-refractivity contribution in [3.8, 4) is 11.5 Å². The Labute approximate surface area is 98.8 Å². The van der Waals surface area contributed by atoms with E-state index in [9.17, 15) is 0 Å². The summed E-state index contributed by atoms with van der Waals surface area (Å²) in [5, 5.41) is 6.41. The minimum Gasteiger partial charge on any atom is -0.463 e. The van der Waals surface area contributed by atoms with Crippen molar-refractivity contribution in [2.75, 3.05) is 13.1 Å². The van der Waals surface area contributed by atoms with E-state index < -0.39 is 0 Å². The summed E-state index contributed by atoms with van der Waals surface area (Å²) < 4.78 is 5.29. The molecule has 0 bridgehead atoms. The summed E-state index contributed by atoms with van der Waals surface area (Å²) >= 11 is 1.67. The van der Waals surface area contributed by atoms with Crippen molar-refractivity contribution in [3.63, 3.8) is 0 Å². The first-order valence-corrected chi connectivity index (χ1v) is 6.08. The summed E-state index contributed by atoms with van der Waals surface area (Å²) in [5.41, 5.74) is 0.925. The first-order chi connectivity index (χ1) is 7.90. The Morgan fingerprint density at radius 1 is 1.56 bits per heavy atom. The van der Waals surface area contributed by atoms with Crippen LogP contribution in [0.2, 0.25) is 0 Å². The van der Waals surface area contributed by atoms with Gasteiger partial charge in [0.05, 0.1) is 11.3 Å². The smallest absolute Gasteiger partial charge is 0.153 e. The highest BCUT2D eigenvalue weighted by molar-refractivity contribution is 7.09. The van der Waals surface area contributed by atoms with Gasteiger partial charge in [0.1, 0.15) is 5.69 Å². The van der Waals surface area contributed by atoms with Gasteiger partial charge in [0.25, 0.3) is 0 Å². The second-order valence-electron chi connectivity index (χ2n) is 3.35. The van der Waals surface area contributed by atoms with Gasteiger partial charge in [0, 0.05) is 24.9 Å². The van der Waals surface area contributed by atoms with Crippen molar-refractivity contribution < 1.29 is 4.42 Å². The lowest BCUT2D eigenvalue weighted by atomic mass is 10.3. The molecule has 1 N–H and O–H groups in total. The molecule has 0 saturated heterocycles. The highest BCUT2D eigenvalue weighted by Gasteiger charge is 2.05. The molecule has 0 fully saturated rings. The van der Waals surface area contributed by atoms with Crippen LogP contribution in [-0.2, 0) is 6.42 Å². The Morgan fingerprint density at radius 3 is 3.25 bits per heavy atom. The molecule has 0 radical (unpaired) electrons. The minimum atomic E-state index is 0.835. The zero-order valence-corrected chi connectivity index (χ0v) is 9.80. The molecule has 0 aliphatic rings. The van der Waals surface area contributed by atoms with Crippen LogP contribution in [0.5, 0.6) is 0 Å². The summed E-state index contributed by atoms with van der Waals surface area (Å²) in [5.74, 6) is 0.835. The molecule has 2 rings (SSSR count). The van der Waals surface area contributed by atoms with Gasteiger partial charge >= 0.3 is 0 Å². The number of hydrogen-bond donors (Lipinski definition) is 1. The molecule has 4 heteroatoms. The van der Waals surface area contributed by atoms with E-state index in [1.54, 1.807) is 17.6 Å². The fourth-order valence-electron chi connectivity index (χ4n) is 1.36. The van der Waals surface area contributed by atoms with Crippen LogP contribution in [0.1, 0.15) is 5.01 Å². The van der Waals surface area contributed by atoms with Gasteiger partial charge in [0.2, 0.25) is 0 Å². The lowest BCUT2D eigenvalue weighted by Crippen LogP contribution is -2.16. The zero-order chi connectivity index (χ0) is 11.2. The van der Waals surface area contributed by atoms with E-state index in [1.165, 1.54) is 0 Å². The molecule has 0 unspecified atom stereocenters. The predicted octanol–water partition coefficient (Wildman–Crippen LogP) is 2.72. The zero-order valence-electron chi connectivity index (χ0n) is 8.98. The normalized spacial score (nSPS) is 10.5. The summed E-state index contributed by atoms with van der Waals surface area (Å²) in [4.78, 5) is 4.51. The van der Waals surface area contributed by atoms with Crippen molar-refractivity contribution >= 4 is 11.3 Å². The fourth-order valence-corrected chi connectivity index (χ4v) is 2.15. The van der Waals surface area contributed by atoms with Gasteiger partial charge in [-0.2, -0.15) is 0 Å². The number of rotatable bonds is 6. The molecule has 2 aromatic heterocycles. The Morgan fingerprint density at radius 2 is 2.50 bits per heavy atom. The van der Waals surface area contributed by atoms with Gasteiger partial charge < -0.3 is 9.73 Å². The average Bonchev–Trinajstić information content (AvgIpc) is 2.94. The van der Waals surface area contributed by atoms with Gasteiger partial charge in [-0.15, -0.1) is 17.9 Å². The van der Waals surface area contributed by atoms with Gasteiger partial charge in [-0.3, -0.25) is 0 Å². The van der Waals surface area contributed by atoms with E-state index in [2.05, 4.69) is 16.9 Å². The van der Waals surface area contributed by atoms with Crippen molar-refractivity contribution in [2.45, 2.75) is 6.42 Å². The van der Waals surface area contributed by atoms with E-state index in [-0.39, 0.29) is 0 Å². The SMILES string of the molecule is C=CCNCCc1nc(-c2ccco2)cs1. The maximum Gasteiger partial charge on any atom is 0.153 e. The maximum absolute atomic E-state index is 5.29. The molecule has 0 saturated carbocycles. The van der Waals surface area contributed by atoms with Crippen LogP contribution in [0, 0.1) is 0 Å². The van der Waals surface area contributed by atoms with Gasteiger partial charge in [-0.25, -0.2) is 4.98 Å². The molecular weight excluding hydrogens is 220 g/mol. The average molecular weight is 234 g/mol. The molecule has 0 atom stereocenters. The topological polar surface area (TPSA) is 38.1 Å². The van der Waals surface area contributed by atoms with Crippen LogP contribution in [0.4, 0.5) is 0 Å². The maximum atomic E-state index is 5.29. The van der Waals surface area contributed by atoms with E-state index in [0.29, 0.717) is 0 Å². The van der Waals surface area contributed by atoms with Crippen molar-refractivity contribution in [1.82, 2.24) is 10.3 Å². The molecule has 0 aliphatic carbocycles. The van der Waals surface area contributed by atoms with Gasteiger partial charge in [-0.1, -0.05) is 6.08 Å². The molecular formula is C12H14N2OS. The third kappa shape index (κ3) is 2.81. The summed E-state index contributed by atoms with van der Waals surface area (Å²) in [6.45, 7) is 5.43. The number of nitrogens with one attached hydrogen (secondary N) is 1. The number of aromatic nitrogens is 1. The first-order valence-electron chi connectivity index (χ1n) is 5.20. The van der Waals surface area contributed by atoms with Gasteiger partial charge in [-0.05, 0) is 12.1 Å². The van der Waals surface area contributed by atoms with Crippen LogP contribution in [0.25, 0.3) is 11.5 Å². The summed E-state index contributed by atoms with van der Waals surface area (Å²) in [6.07, 6.45) is 4.47. The quantitative estimate of drug-likeness (QED) is 0.617. The van der Waals surface area contributed by atoms with E-state index in [4.69, 9.17) is 4.42 Å². The van der Waals surface area contributed by atoms with Crippen LogP contribution in [0.15, 0.2) is 40.8 Å². The number of furan rings is 1.